The standard InChI is InChI=1S/C25H30N2O4/c1-4-6-7-17(5-2)24(28)26-21-11-10-18-12-13-27(22(18)15-21)16-20-9-8-19(25(29)30)14-23(20)31-3/h8-15,17H,4-7,16H2,1-3H3,(H,26,28)(H,29,30). The van der Waals surface area contributed by atoms with Crippen LogP contribution in [-0.2, 0) is 11.3 Å². The highest BCUT2D eigenvalue weighted by Gasteiger charge is 2.16. The monoisotopic (exact) mass is 422 g/mol. The van der Waals surface area contributed by atoms with Crippen molar-refractivity contribution in [2.75, 3.05) is 12.4 Å². The van der Waals surface area contributed by atoms with E-state index in [0.29, 0.717) is 12.3 Å². The lowest BCUT2D eigenvalue weighted by molar-refractivity contribution is -0.120. The van der Waals surface area contributed by atoms with E-state index in [9.17, 15) is 14.7 Å². The number of hydrogen-bond donors (Lipinski definition) is 2. The Morgan fingerprint density at radius 1 is 1.13 bits per heavy atom. The number of aromatic nitrogens is 1. The number of unbranched alkanes of at least 4 members (excludes halogenated alkanes) is 1. The Hall–Kier alpha value is -3.28. The predicted octanol–water partition coefficient (Wildman–Crippen LogP) is 5.55. The summed E-state index contributed by atoms with van der Waals surface area (Å²) in [7, 11) is 1.54. The van der Waals surface area contributed by atoms with Gasteiger partial charge in [0.2, 0.25) is 5.91 Å². The summed E-state index contributed by atoms with van der Waals surface area (Å²) in [6.45, 7) is 4.71. The number of hydrogen-bond acceptors (Lipinski definition) is 3. The number of carboxylic acids is 1. The molecule has 31 heavy (non-hydrogen) atoms. The van der Waals surface area contributed by atoms with E-state index in [0.717, 1.165) is 47.8 Å². The van der Waals surface area contributed by atoms with Crippen LogP contribution in [0.1, 0.15) is 55.5 Å². The van der Waals surface area contributed by atoms with E-state index in [1.54, 1.807) is 12.1 Å². The highest BCUT2D eigenvalue weighted by Crippen LogP contribution is 2.26. The van der Waals surface area contributed by atoms with Crippen molar-refractivity contribution in [3.8, 4) is 5.75 Å². The summed E-state index contributed by atoms with van der Waals surface area (Å²) in [6.07, 6.45) is 5.85. The maximum absolute atomic E-state index is 12.7. The van der Waals surface area contributed by atoms with Crippen LogP contribution in [0, 0.1) is 5.92 Å². The van der Waals surface area contributed by atoms with Crippen LogP contribution in [0.15, 0.2) is 48.7 Å². The molecule has 0 saturated heterocycles. The second-order valence-electron chi connectivity index (χ2n) is 7.79. The summed E-state index contributed by atoms with van der Waals surface area (Å²) in [5.74, 6) is -0.354. The van der Waals surface area contributed by atoms with E-state index in [1.807, 2.05) is 30.5 Å². The van der Waals surface area contributed by atoms with Crippen molar-refractivity contribution in [2.24, 2.45) is 5.92 Å². The van der Waals surface area contributed by atoms with Gasteiger partial charge in [0.1, 0.15) is 5.75 Å². The second kappa shape index (κ2) is 10.2. The zero-order chi connectivity index (χ0) is 22.4. The molecular formula is C25H30N2O4. The summed E-state index contributed by atoms with van der Waals surface area (Å²) in [6, 6.07) is 12.8. The van der Waals surface area contributed by atoms with Gasteiger partial charge in [0.25, 0.3) is 0 Å². The molecule has 1 atom stereocenters. The third-order valence-electron chi connectivity index (χ3n) is 5.69. The number of ether oxygens (including phenoxy) is 1. The molecule has 2 N–H and O–H groups in total. The van der Waals surface area contributed by atoms with Gasteiger partial charge >= 0.3 is 5.97 Å². The Labute approximate surface area is 182 Å². The number of carbonyl (C=O) groups is 2. The molecule has 2 aromatic carbocycles. The maximum Gasteiger partial charge on any atom is 0.335 e. The first kappa shape index (κ1) is 22.4. The van der Waals surface area contributed by atoms with Crippen LogP contribution in [0.2, 0.25) is 0 Å². The zero-order valence-corrected chi connectivity index (χ0v) is 18.4. The molecule has 1 heterocycles. The normalized spacial score (nSPS) is 12.0. The maximum atomic E-state index is 12.7. The van der Waals surface area contributed by atoms with Crippen LogP contribution in [0.5, 0.6) is 5.75 Å². The molecule has 3 aromatic rings. The number of carboxylic acid groups (broad SMARTS) is 1. The van der Waals surface area contributed by atoms with E-state index in [1.165, 1.54) is 13.2 Å². The quantitative estimate of drug-likeness (QED) is 0.449. The smallest absolute Gasteiger partial charge is 0.335 e. The van der Waals surface area contributed by atoms with E-state index < -0.39 is 5.97 Å². The molecule has 1 unspecified atom stereocenters. The van der Waals surface area contributed by atoms with Gasteiger partial charge in [0.05, 0.1) is 24.7 Å². The van der Waals surface area contributed by atoms with Crippen LogP contribution in [0.4, 0.5) is 5.69 Å². The molecule has 0 bridgehead atoms. The molecule has 0 saturated carbocycles. The van der Waals surface area contributed by atoms with Crippen molar-refractivity contribution >= 4 is 28.5 Å². The van der Waals surface area contributed by atoms with Gasteiger partial charge in [-0.25, -0.2) is 4.79 Å². The number of carbonyl (C=O) groups excluding carboxylic acids is 1. The van der Waals surface area contributed by atoms with Crippen molar-refractivity contribution < 1.29 is 19.4 Å². The second-order valence-corrected chi connectivity index (χ2v) is 7.79. The van der Waals surface area contributed by atoms with Crippen LogP contribution >= 0.6 is 0 Å². The number of amides is 1. The van der Waals surface area contributed by atoms with Crippen molar-refractivity contribution in [2.45, 2.75) is 46.1 Å². The molecule has 6 nitrogen and oxygen atoms in total. The first-order valence-corrected chi connectivity index (χ1v) is 10.8. The average molecular weight is 423 g/mol. The van der Waals surface area contributed by atoms with Gasteiger partial charge in [-0.05, 0) is 48.6 Å². The van der Waals surface area contributed by atoms with E-state index in [-0.39, 0.29) is 17.4 Å². The minimum Gasteiger partial charge on any atom is -0.496 e. The molecule has 0 spiro atoms. The minimum atomic E-state index is -0.985. The summed E-state index contributed by atoms with van der Waals surface area (Å²) in [5, 5.41) is 13.3. The lowest BCUT2D eigenvalue weighted by Crippen LogP contribution is -2.22. The Bertz CT molecular complexity index is 1070. The third kappa shape index (κ3) is 5.26. The van der Waals surface area contributed by atoms with Gasteiger partial charge < -0.3 is 19.7 Å². The van der Waals surface area contributed by atoms with Crippen molar-refractivity contribution in [1.29, 1.82) is 0 Å². The number of anilines is 1. The largest absolute Gasteiger partial charge is 0.496 e. The summed E-state index contributed by atoms with van der Waals surface area (Å²) in [4.78, 5) is 23.9. The van der Waals surface area contributed by atoms with E-state index >= 15 is 0 Å². The molecule has 0 fully saturated rings. The lowest BCUT2D eigenvalue weighted by Gasteiger charge is -2.15. The van der Waals surface area contributed by atoms with E-state index in [2.05, 4.69) is 23.7 Å². The Kier molecular flexibility index (Phi) is 7.34. The highest BCUT2D eigenvalue weighted by molar-refractivity contribution is 5.95. The number of aromatic carboxylic acids is 1. The van der Waals surface area contributed by atoms with Gasteiger partial charge in [-0.15, -0.1) is 0 Å². The van der Waals surface area contributed by atoms with Gasteiger partial charge in [0, 0.05) is 23.4 Å². The first-order chi connectivity index (χ1) is 15.0. The minimum absolute atomic E-state index is 0.0273. The molecule has 6 heteroatoms. The average Bonchev–Trinajstić information content (AvgIpc) is 3.16. The van der Waals surface area contributed by atoms with Gasteiger partial charge in [-0.1, -0.05) is 38.8 Å². The van der Waals surface area contributed by atoms with E-state index in [4.69, 9.17) is 4.74 Å². The van der Waals surface area contributed by atoms with Crippen LogP contribution in [0.25, 0.3) is 10.9 Å². The number of fused-ring (bicyclic) bond motifs is 1. The van der Waals surface area contributed by atoms with Crippen LogP contribution in [-0.4, -0.2) is 28.7 Å². The first-order valence-electron chi connectivity index (χ1n) is 10.8. The predicted molar refractivity (Wildman–Crippen MR) is 123 cm³/mol. The molecular weight excluding hydrogens is 392 g/mol. The fraction of sp³-hybridized carbons (Fsp3) is 0.360. The Balaban J connectivity index is 1.84. The van der Waals surface area contributed by atoms with Gasteiger partial charge in [-0.2, -0.15) is 0 Å². The molecule has 164 valence electrons. The van der Waals surface area contributed by atoms with Crippen LogP contribution in [0.3, 0.4) is 0 Å². The van der Waals surface area contributed by atoms with Crippen LogP contribution < -0.4 is 10.1 Å². The number of nitrogens with zero attached hydrogens (tertiary/aromatic N) is 1. The highest BCUT2D eigenvalue weighted by atomic mass is 16.5. The van der Waals surface area contributed by atoms with Crippen molar-refractivity contribution in [1.82, 2.24) is 4.57 Å². The molecule has 0 aliphatic rings. The summed E-state index contributed by atoms with van der Waals surface area (Å²) in [5.41, 5.74) is 2.84. The fourth-order valence-electron chi connectivity index (χ4n) is 3.81. The number of benzene rings is 2. The van der Waals surface area contributed by atoms with Gasteiger partial charge in [0.15, 0.2) is 0 Å². The van der Waals surface area contributed by atoms with Crippen molar-refractivity contribution in [3.63, 3.8) is 0 Å². The SMILES string of the molecule is CCCCC(CC)C(=O)Nc1ccc2ccn(Cc3ccc(C(=O)O)cc3OC)c2c1. The number of methoxy groups -OCH3 is 1. The molecule has 0 aliphatic heterocycles. The molecule has 1 aromatic heterocycles. The van der Waals surface area contributed by atoms with Gasteiger partial charge in [-0.3, -0.25) is 4.79 Å². The van der Waals surface area contributed by atoms with Crippen molar-refractivity contribution in [3.05, 3.63) is 59.8 Å². The molecule has 0 aliphatic carbocycles. The molecule has 0 radical (unpaired) electrons. The number of rotatable bonds is 10. The lowest BCUT2D eigenvalue weighted by atomic mass is 9.98. The third-order valence-corrected chi connectivity index (χ3v) is 5.69. The summed E-state index contributed by atoms with van der Waals surface area (Å²) >= 11 is 0. The number of nitrogens with one attached hydrogen (secondary N) is 1. The zero-order valence-electron chi connectivity index (χ0n) is 18.4. The fourth-order valence-corrected chi connectivity index (χ4v) is 3.81. The topological polar surface area (TPSA) is 80.6 Å². The summed E-state index contributed by atoms with van der Waals surface area (Å²) < 4.78 is 7.48. The molecule has 1 amide bonds. The molecule has 3 rings (SSSR count). The Morgan fingerprint density at radius 3 is 2.61 bits per heavy atom. The Morgan fingerprint density at radius 2 is 1.94 bits per heavy atom.